The van der Waals surface area contributed by atoms with Gasteiger partial charge in [-0.3, -0.25) is 0 Å². The Hall–Kier alpha value is -2.33. The largest absolute Gasteiger partial charge is 0.370 e. The summed E-state index contributed by atoms with van der Waals surface area (Å²) in [5.74, 6) is 1.21. The van der Waals surface area contributed by atoms with Gasteiger partial charge in [0.05, 0.1) is 23.5 Å². The van der Waals surface area contributed by atoms with Gasteiger partial charge in [0.2, 0.25) is 0 Å². The molecule has 0 aromatic carbocycles. The van der Waals surface area contributed by atoms with Crippen LogP contribution in [0.25, 0.3) is 0 Å². The third-order valence-corrected chi connectivity index (χ3v) is 5.80. The van der Waals surface area contributed by atoms with Crippen molar-refractivity contribution in [3.8, 4) is 6.07 Å². The number of nitrogens with one attached hydrogen (secondary N) is 1. The van der Waals surface area contributed by atoms with E-state index in [1.165, 1.54) is 0 Å². The molecule has 1 fully saturated rings. The molecular formula is C23H35N5O2. The van der Waals surface area contributed by atoms with Gasteiger partial charge in [0.15, 0.2) is 0 Å². The van der Waals surface area contributed by atoms with E-state index in [0.717, 1.165) is 41.9 Å². The molecule has 0 unspecified atom stereocenters. The van der Waals surface area contributed by atoms with Crippen molar-refractivity contribution >= 4 is 11.8 Å². The number of fused-ring (bicyclic) bond motifs is 1. The number of amides is 2. The molecule has 3 heterocycles. The fourth-order valence-corrected chi connectivity index (χ4v) is 4.19. The summed E-state index contributed by atoms with van der Waals surface area (Å²) in [4.78, 5) is 21.3. The van der Waals surface area contributed by atoms with E-state index in [1.54, 1.807) is 0 Å². The molecule has 0 bridgehead atoms. The van der Waals surface area contributed by atoms with E-state index >= 15 is 0 Å². The first-order valence-corrected chi connectivity index (χ1v) is 11.1. The molecule has 2 amide bonds. The van der Waals surface area contributed by atoms with Gasteiger partial charge in [0.1, 0.15) is 11.9 Å². The summed E-state index contributed by atoms with van der Waals surface area (Å²) in [7, 11) is 0. The molecule has 2 aliphatic rings. The van der Waals surface area contributed by atoms with Crippen LogP contribution in [0.15, 0.2) is 0 Å². The Morgan fingerprint density at radius 2 is 2.00 bits per heavy atom. The molecule has 0 spiro atoms. The maximum Gasteiger partial charge on any atom is 0.317 e. The number of anilines is 1. The van der Waals surface area contributed by atoms with Crippen LogP contribution < -0.4 is 10.2 Å². The molecule has 0 radical (unpaired) electrons. The number of carbonyl (C=O) groups is 1. The van der Waals surface area contributed by atoms with Gasteiger partial charge in [-0.05, 0) is 38.2 Å². The lowest BCUT2D eigenvalue weighted by atomic mass is 9.88. The quantitative estimate of drug-likeness (QED) is 0.801. The molecule has 0 saturated carbocycles. The highest BCUT2D eigenvalue weighted by molar-refractivity contribution is 5.74. The highest BCUT2D eigenvalue weighted by Crippen LogP contribution is 2.35. The van der Waals surface area contributed by atoms with Crippen molar-refractivity contribution in [2.75, 3.05) is 37.6 Å². The molecule has 3 rings (SSSR count). The monoisotopic (exact) mass is 413 g/mol. The van der Waals surface area contributed by atoms with E-state index in [-0.39, 0.29) is 11.6 Å². The van der Waals surface area contributed by atoms with Crippen LogP contribution in [0.4, 0.5) is 10.6 Å². The Bertz CT molecular complexity index is 820. The summed E-state index contributed by atoms with van der Waals surface area (Å²) in [6.07, 6.45) is 2.50. The summed E-state index contributed by atoms with van der Waals surface area (Å²) < 4.78 is 6.06. The SMILES string of the molecule is CCCNC(=O)N1CCN(c2nc3c(c(CC(C)C)c2C#N)COC(C)(C)C3)CC1. The summed E-state index contributed by atoms with van der Waals surface area (Å²) in [6, 6.07) is 2.44. The fraction of sp³-hybridized carbons (Fsp3) is 0.696. The first kappa shape index (κ1) is 22.4. The third-order valence-electron chi connectivity index (χ3n) is 5.80. The Morgan fingerprint density at radius 1 is 1.30 bits per heavy atom. The minimum atomic E-state index is -0.253. The molecule has 7 nitrogen and oxygen atoms in total. The average molecular weight is 414 g/mol. The molecule has 0 aliphatic carbocycles. The van der Waals surface area contributed by atoms with E-state index in [2.05, 4.69) is 44.0 Å². The highest BCUT2D eigenvalue weighted by Gasteiger charge is 2.33. The van der Waals surface area contributed by atoms with Crippen LogP contribution in [0.2, 0.25) is 0 Å². The number of ether oxygens (including phenoxy) is 1. The number of nitrogens with zero attached hydrogens (tertiary/aromatic N) is 4. The van der Waals surface area contributed by atoms with Gasteiger partial charge in [-0.25, -0.2) is 9.78 Å². The molecule has 30 heavy (non-hydrogen) atoms. The third kappa shape index (κ3) is 4.86. The van der Waals surface area contributed by atoms with Gasteiger partial charge in [0, 0.05) is 44.7 Å². The number of urea groups is 1. The van der Waals surface area contributed by atoms with Crippen molar-refractivity contribution in [3.63, 3.8) is 0 Å². The van der Waals surface area contributed by atoms with Crippen LogP contribution in [-0.2, 0) is 24.2 Å². The zero-order valence-electron chi connectivity index (χ0n) is 19.0. The number of hydrogen-bond acceptors (Lipinski definition) is 5. The Kier molecular flexibility index (Phi) is 6.87. The summed E-state index contributed by atoms with van der Waals surface area (Å²) in [5.41, 5.74) is 3.66. The van der Waals surface area contributed by atoms with Crippen molar-refractivity contribution in [1.29, 1.82) is 5.26 Å². The van der Waals surface area contributed by atoms with E-state index in [0.29, 0.717) is 50.8 Å². The van der Waals surface area contributed by atoms with Crippen LogP contribution in [0.1, 0.15) is 63.4 Å². The molecule has 1 aromatic heterocycles. The molecule has 1 saturated heterocycles. The van der Waals surface area contributed by atoms with Crippen molar-refractivity contribution < 1.29 is 9.53 Å². The maximum atomic E-state index is 12.3. The minimum absolute atomic E-state index is 0.00481. The Balaban J connectivity index is 1.90. The Morgan fingerprint density at radius 3 is 2.60 bits per heavy atom. The maximum absolute atomic E-state index is 12.3. The number of piperazine rings is 1. The number of pyridine rings is 1. The van der Waals surface area contributed by atoms with Crippen LogP contribution >= 0.6 is 0 Å². The Labute approximate surface area is 180 Å². The van der Waals surface area contributed by atoms with E-state index in [9.17, 15) is 10.1 Å². The number of rotatable bonds is 5. The van der Waals surface area contributed by atoms with E-state index < -0.39 is 0 Å². The van der Waals surface area contributed by atoms with Crippen LogP contribution in [0.3, 0.4) is 0 Å². The predicted molar refractivity (Wildman–Crippen MR) is 118 cm³/mol. The summed E-state index contributed by atoms with van der Waals surface area (Å²) in [6.45, 7) is 14.4. The summed E-state index contributed by atoms with van der Waals surface area (Å²) >= 11 is 0. The summed E-state index contributed by atoms with van der Waals surface area (Å²) in [5, 5.41) is 13.0. The second-order valence-corrected chi connectivity index (χ2v) is 9.36. The van der Waals surface area contributed by atoms with Gasteiger partial charge >= 0.3 is 6.03 Å². The fourth-order valence-electron chi connectivity index (χ4n) is 4.19. The van der Waals surface area contributed by atoms with Gasteiger partial charge in [0.25, 0.3) is 0 Å². The molecule has 2 aliphatic heterocycles. The minimum Gasteiger partial charge on any atom is -0.370 e. The average Bonchev–Trinajstić information content (AvgIpc) is 2.70. The topological polar surface area (TPSA) is 81.5 Å². The van der Waals surface area contributed by atoms with Crippen LogP contribution in [0.5, 0.6) is 0 Å². The standard InChI is InChI=1S/C23H35N5O2/c1-6-7-25-22(29)28-10-8-27(9-11-28)21-18(14-24)17(12-16(2)3)19-15-30-23(4,5)13-20(19)26-21/h16H,6-13,15H2,1-5H3,(H,25,29). The van der Waals surface area contributed by atoms with E-state index in [4.69, 9.17) is 9.72 Å². The van der Waals surface area contributed by atoms with Crippen molar-refractivity contribution in [2.24, 2.45) is 5.92 Å². The number of nitriles is 1. The smallest absolute Gasteiger partial charge is 0.317 e. The van der Waals surface area contributed by atoms with E-state index in [1.807, 2.05) is 11.8 Å². The van der Waals surface area contributed by atoms with Gasteiger partial charge in [-0.2, -0.15) is 5.26 Å². The van der Waals surface area contributed by atoms with Gasteiger partial charge in [-0.1, -0.05) is 20.8 Å². The number of hydrogen-bond donors (Lipinski definition) is 1. The van der Waals surface area contributed by atoms with Crippen molar-refractivity contribution in [1.82, 2.24) is 15.2 Å². The first-order chi connectivity index (χ1) is 14.3. The lowest BCUT2D eigenvalue weighted by Gasteiger charge is -2.38. The highest BCUT2D eigenvalue weighted by atomic mass is 16.5. The lowest BCUT2D eigenvalue weighted by molar-refractivity contribution is -0.0417. The van der Waals surface area contributed by atoms with Crippen LogP contribution in [-0.4, -0.2) is 54.2 Å². The second kappa shape index (κ2) is 9.22. The van der Waals surface area contributed by atoms with Gasteiger partial charge in [-0.15, -0.1) is 0 Å². The molecule has 1 aromatic rings. The predicted octanol–water partition coefficient (Wildman–Crippen LogP) is 3.24. The number of carbonyl (C=O) groups excluding carboxylic acids is 1. The molecular weight excluding hydrogens is 378 g/mol. The zero-order valence-corrected chi connectivity index (χ0v) is 19.0. The molecule has 0 atom stereocenters. The first-order valence-electron chi connectivity index (χ1n) is 11.1. The molecule has 1 N–H and O–H groups in total. The number of aromatic nitrogens is 1. The molecule has 7 heteroatoms. The lowest BCUT2D eigenvalue weighted by Crippen LogP contribution is -2.52. The van der Waals surface area contributed by atoms with Gasteiger partial charge < -0.3 is 19.9 Å². The zero-order chi connectivity index (χ0) is 21.9. The van der Waals surface area contributed by atoms with Crippen molar-refractivity contribution in [3.05, 3.63) is 22.4 Å². The second-order valence-electron chi connectivity index (χ2n) is 9.36. The van der Waals surface area contributed by atoms with Crippen molar-refractivity contribution in [2.45, 2.75) is 66.1 Å². The van der Waals surface area contributed by atoms with Crippen LogP contribution in [0, 0.1) is 17.2 Å². The molecule has 164 valence electrons. The normalized spacial score (nSPS) is 18.2.